The number of aliphatic hydroxyl groups is 1. The monoisotopic (exact) mass is 482 g/mol. The molecule has 178 valence electrons. The first-order valence-corrected chi connectivity index (χ1v) is 11.3. The fraction of sp³-hybridized carbons (Fsp3) is 0.308. The van der Waals surface area contributed by atoms with Gasteiger partial charge in [-0.2, -0.15) is 0 Å². The van der Waals surface area contributed by atoms with Crippen molar-refractivity contribution in [3.8, 4) is 5.75 Å². The number of carbonyl (C=O) groups is 2. The third kappa shape index (κ3) is 3.95. The minimum Gasteiger partial charge on any atom is -0.507 e. The molecule has 4 rings (SSSR count). The first-order valence-electron chi connectivity index (χ1n) is 11.0. The summed E-state index contributed by atoms with van der Waals surface area (Å²) in [5, 5.41) is 12.7. The standard InChI is InChI=1S/C26H27ClN2O5/c1-15-12-17(25(34-4)19(27)13-15)23(30)21-22(29(10-7-11-33-3)26(32)24(21)31)18-14-28(2)20-9-6-5-8-16(18)20/h5-6,8-9,12-14,22,30H,7,10-11H2,1-4H3/b23-21+. The van der Waals surface area contributed by atoms with Crippen molar-refractivity contribution in [1.82, 2.24) is 9.47 Å². The molecule has 0 aliphatic carbocycles. The molecule has 0 spiro atoms. The number of aryl methyl sites for hydroxylation is 2. The molecule has 3 aromatic rings. The summed E-state index contributed by atoms with van der Waals surface area (Å²) < 4.78 is 12.5. The summed E-state index contributed by atoms with van der Waals surface area (Å²) in [7, 11) is 4.94. The molecular formula is C26H27ClN2O5. The highest BCUT2D eigenvalue weighted by Gasteiger charge is 2.47. The van der Waals surface area contributed by atoms with Crippen LogP contribution < -0.4 is 4.74 Å². The number of ketones is 1. The number of methoxy groups -OCH3 is 2. The van der Waals surface area contributed by atoms with Crippen molar-refractivity contribution >= 4 is 40.0 Å². The minimum atomic E-state index is -0.771. The second kappa shape index (κ2) is 9.52. The number of ether oxygens (including phenoxy) is 2. The van der Waals surface area contributed by atoms with Crippen molar-refractivity contribution in [2.75, 3.05) is 27.4 Å². The van der Waals surface area contributed by atoms with E-state index in [0.29, 0.717) is 24.6 Å². The molecule has 2 aromatic carbocycles. The zero-order valence-electron chi connectivity index (χ0n) is 19.6. The SMILES string of the molecule is COCCCN1C(=O)C(=O)/C(=C(/O)c2cc(C)cc(Cl)c2OC)C1c1cn(C)c2ccccc12. The molecule has 1 N–H and O–H groups in total. The van der Waals surface area contributed by atoms with Gasteiger partial charge in [0.05, 0.1) is 29.3 Å². The number of nitrogens with zero attached hydrogens (tertiary/aromatic N) is 2. The van der Waals surface area contributed by atoms with E-state index in [4.69, 9.17) is 21.1 Å². The fourth-order valence-electron chi connectivity index (χ4n) is 4.66. The summed E-state index contributed by atoms with van der Waals surface area (Å²) in [6.07, 6.45) is 2.45. The fourth-order valence-corrected chi connectivity index (χ4v) is 5.01. The molecule has 8 heteroatoms. The lowest BCUT2D eigenvalue weighted by Gasteiger charge is -2.25. The van der Waals surface area contributed by atoms with Crippen molar-refractivity contribution in [2.24, 2.45) is 7.05 Å². The Morgan fingerprint density at radius 2 is 1.91 bits per heavy atom. The molecule has 1 amide bonds. The smallest absolute Gasteiger partial charge is 0.295 e. The number of aliphatic hydroxyl groups excluding tert-OH is 1. The van der Waals surface area contributed by atoms with E-state index in [1.54, 1.807) is 19.2 Å². The van der Waals surface area contributed by atoms with Gasteiger partial charge < -0.3 is 24.0 Å². The molecular weight excluding hydrogens is 456 g/mol. The lowest BCUT2D eigenvalue weighted by molar-refractivity contribution is -0.140. The number of amides is 1. The van der Waals surface area contributed by atoms with Gasteiger partial charge >= 0.3 is 0 Å². The molecule has 2 heterocycles. The highest BCUT2D eigenvalue weighted by Crippen LogP contribution is 2.44. The van der Waals surface area contributed by atoms with Gasteiger partial charge in [0.25, 0.3) is 11.7 Å². The van der Waals surface area contributed by atoms with Crippen molar-refractivity contribution in [3.63, 3.8) is 0 Å². The summed E-state index contributed by atoms with van der Waals surface area (Å²) in [5.74, 6) is -1.47. The van der Waals surface area contributed by atoms with Crippen LogP contribution in [0, 0.1) is 6.92 Å². The molecule has 1 fully saturated rings. The molecule has 0 bridgehead atoms. The Balaban J connectivity index is 1.98. The van der Waals surface area contributed by atoms with Crippen LogP contribution in [-0.4, -0.2) is 53.6 Å². The average molecular weight is 483 g/mol. The molecule has 1 aromatic heterocycles. The minimum absolute atomic E-state index is 0.0127. The van der Waals surface area contributed by atoms with E-state index in [1.807, 2.05) is 49.0 Å². The van der Waals surface area contributed by atoms with Crippen molar-refractivity contribution in [3.05, 3.63) is 69.9 Å². The van der Waals surface area contributed by atoms with Crippen LogP contribution in [0.5, 0.6) is 5.75 Å². The number of halogens is 1. The Morgan fingerprint density at radius 3 is 2.62 bits per heavy atom. The van der Waals surface area contributed by atoms with Gasteiger partial charge in [0.2, 0.25) is 0 Å². The molecule has 0 saturated carbocycles. The number of carbonyl (C=O) groups excluding carboxylic acids is 2. The highest BCUT2D eigenvalue weighted by atomic mass is 35.5. The number of Topliss-reactive ketones (excluding diaryl/α,β-unsaturated/α-hetero) is 1. The number of benzene rings is 2. The van der Waals surface area contributed by atoms with Gasteiger partial charge in [-0.3, -0.25) is 9.59 Å². The molecule has 1 saturated heterocycles. The second-order valence-electron chi connectivity index (χ2n) is 8.38. The lowest BCUT2D eigenvalue weighted by atomic mass is 9.94. The molecule has 7 nitrogen and oxygen atoms in total. The zero-order valence-corrected chi connectivity index (χ0v) is 20.3. The van der Waals surface area contributed by atoms with Crippen LogP contribution in [0.1, 0.15) is 29.2 Å². The van der Waals surface area contributed by atoms with Crippen LogP contribution in [0.15, 0.2) is 48.2 Å². The molecule has 0 radical (unpaired) electrons. The number of fused-ring (bicyclic) bond motifs is 1. The maximum absolute atomic E-state index is 13.3. The van der Waals surface area contributed by atoms with Crippen LogP contribution in [0.4, 0.5) is 0 Å². The van der Waals surface area contributed by atoms with Crippen molar-refractivity contribution in [2.45, 2.75) is 19.4 Å². The number of hydrogen-bond donors (Lipinski definition) is 1. The summed E-state index contributed by atoms with van der Waals surface area (Å²) in [6.45, 7) is 2.56. The van der Waals surface area contributed by atoms with Gasteiger partial charge in [0.1, 0.15) is 11.5 Å². The van der Waals surface area contributed by atoms with Crippen molar-refractivity contribution < 1.29 is 24.2 Å². The van der Waals surface area contributed by atoms with E-state index in [9.17, 15) is 14.7 Å². The van der Waals surface area contributed by atoms with Crippen LogP contribution in [-0.2, 0) is 21.4 Å². The summed E-state index contributed by atoms with van der Waals surface area (Å²) in [5.41, 5.74) is 2.78. The number of aromatic nitrogens is 1. The van der Waals surface area contributed by atoms with Gasteiger partial charge in [-0.05, 0) is 37.1 Å². The normalized spacial score (nSPS) is 17.7. The van der Waals surface area contributed by atoms with Gasteiger partial charge in [0.15, 0.2) is 0 Å². The van der Waals surface area contributed by atoms with Gasteiger partial charge in [-0.25, -0.2) is 0 Å². The van der Waals surface area contributed by atoms with Gasteiger partial charge in [-0.1, -0.05) is 29.8 Å². The topological polar surface area (TPSA) is 81.0 Å². The second-order valence-corrected chi connectivity index (χ2v) is 8.79. The Labute approximate surface area is 203 Å². The summed E-state index contributed by atoms with van der Waals surface area (Å²) in [6, 6.07) is 10.4. The van der Waals surface area contributed by atoms with E-state index in [0.717, 1.165) is 22.0 Å². The van der Waals surface area contributed by atoms with Crippen LogP contribution >= 0.6 is 11.6 Å². The molecule has 1 aliphatic heterocycles. The van der Waals surface area contributed by atoms with E-state index in [2.05, 4.69) is 0 Å². The average Bonchev–Trinajstić information content (AvgIpc) is 3.27. The van der Waals surface area contributed by atoms with Crippen LogP contribution in [0.2, 0.25) is 5.02 Å². The third-order valence-corrected chi connectivity index (χ3v) is 6.44. The van der Waals surface area contributed by atoms with Crippen LogP contribution in [0.25, 0.3) is 16.7 Å². The van der Waals surface area contributed by atoms with Crippen LogP contribution in [0.3, 0.4) is 0 Å². The molecule has 1 unspecified atom stereocenters. The third-order valence-electron chi connectivity index (χ3n) is 6.16. The van der Waals surface area contributed by atoms with E-state index in [1.165, 1.54) is 12.0 Å². The first-order chi connectivity index (χ1) is 16.3. The zero-order chi connectivity index (χ0) is 24.6. The van der Waals surface area contributed by atoms with E-state index in [-0.39, 0.29) is 22.6 Å². The Morgan fingerprint density at radius 1 is 1.18 bits per heavy atom. The predicted octanol–water partition coefficient (Wildman–Crippen LogP) is 4.61. The lowest BCUT2D eigenvalue weighted by Crippen LogP contribution is -2.31. The highest BCUT2D eigenvalue weighted by molar-refractivity contribution is 6.46. The predicted molar refractivity (Wildman–Crippen MR) is 131 cm³/mol. The number of para-hydroxylation sites is 1. The summed E-state index contributed by atoms with van der Waals surface area (Å²) >= 11 is 6.36. The van der Waals surface area contributed by atoms with E-state index < -0.39 is 17.7 Å². The van der Waals surface area contributed by atoms with E-state index >= 15 is 0 Å². The number of hydrogen-bond acceptors (Lipinski definition) is 5. The Hall–Kier alpha value is -3.29. The quantitative estimate of drug-likeness (QED) is 0.230. The van der Waals surface area contributed by atoms with Gasteiger partial charge in [0, 0.05) is 50.0 Å². The maximum atomic E-state index is 13.3. The molecule has 34 heavy (non-hydrogen) atoms. The molecule has 1 atom stereocenters. The first kappa shape index (κ1) is 23.9. The van der Waals surface area contributed by atoms with Gasteiger partial charge in [-0.15, -0.1) is 0 Å². The summed E-state index contributed by atoms with van der Waals surface area (Å²) in [4.78, 5) is 28.0. The van der Waals surface area contributed by atoms with Crippen molar-refractivity contribution in [1.29, 1.82) is 0 Å². The Bertz CT molecular complexity index is 1310. The number of likely N-dealkylation sites (tertiary alicyclic amines) is 1. The largest absolute Gasteiger partial charge is 0.507 e. The maximum Gasteiger partial charge on any atom is 0.295 e. The Kier molecular flexibility index (Phi) is 6.68. The molecule has 1 aliphatic rings. The number of rotatable bonds is 7.